The number of nitrogens with zero attached hydrogens (tertiary/aromatic N) is 3. The molecule has 0 N–H and O–H groups in total. The summed E-state index contributed by atoms with van der Waals surface area (Å²) in [5.41, 5.74) is 1.12. The fourth-order valence-electron chi connectivity index (χ4n) is 3.26. The largest absolute Gasteiger partial charge is 0.327 e. The first-order valence-corrected chi connectivity index (χ1v) is 7.43. The lowest BCUT2D eigenvalue weighted by Gasteiger charge is -2.28. The van der Waals surface area contributed by atoms with Gasteiger partial charge in [-0.05, 0) is 32.5 Å². The number of likely N-dealkylation sites (N-methyl/N-ethyl adjacent to an activating group) is 1. The van der Waals surface area contributed by atoms with Crippen molar-refractivity contribution in [2.75, 3.05) is 27.2 Å². The second-order valence-electron chi connectivity index (χ2n) is 5.97. The van der Waals surface area contributed by atoms with Gasteiger partial charge in [0.2, 0.25) is 0 Å². The van der Waals surface area contributed by atoms with E-state index in [2.05, 4.69) is 4.90 Å². The van der Waals surface area contributed by atoms with Crippen molar-refractivity contribution in [1.82, 2.24) is 14.7 Å². The molecular formula is C16H21N3O2. The Balaban J connectivity index is 1.81. The predicted octanol–water partition coefficient (Wildman–Crippen LogP) is 1.72. The Labute approximate surface area is 125 Å². The predicted molar refractivity (Wildman–Crippen MR) is 79.7 cm³/mol. The summed E-state index contributed by atoms with van der Waals surface area (Å²) >= 11 is 0. The molecule has 1 aromatic rings. The normalized spacial score (nSPS) is 23.1. The highest BCUT2D eigenvalue weighted by molar-refractivity contribution is 6.04. The third kappa shape index (κ3) is 2.42. The summed E-state index contributed by atoms with van der Waals surface area (Å²) in [5.74, 6) is -0.0275. The molecule has 3 rings (SSSR count). The van der Waals surface area contributed by atoms with Gasteiger partial charge in [-0.2, -0.15) is 0 Å². The van der Waals surface area contributed by atoms with Crippen LogP contribution in [0.1, 0.15) is 24.4 Å². The Morgan fingerprint density at radius 1 is 1.24 bits per heavy atom. The van der Waals surface area contributed by atoms with Gasteiger partial charge in [-0.3, -0.25) is 9.69 Å². The molecule has 0 saturated carbocycles. The van der Waals surface area contributed by atoms with Crippen molar-refractivity contribution >= 4 is 11.9 Å². The van der Waals surface area contributed by atoms with Crippen LogP contribution in [-0.4, -0.2) is 59.9 Å². The molecule has 2 atom stereocenters. The van der Waals surface area contributed by atoms with Crippen molar-refractivity contribution in [3.8, 4) is 0 Å². The minimum atomic E-state index is -0.212. The molecule has 5 heteroatoms. The number of urea groups is 1. The number of amides is 3. The van der Waals surface area contributed by atoms with Crippen LogP contribution < -0.4 is 0 Å². The second kappa shape index (κ2) is 5.48. The number of benzene rings is 1. The van der Waals surface area contributed by atoms with Crippen LogP contribution in [0.15, 0.2) is 30.3 Å². The van der Waals surface area contributed by atoms with E-state index in [0.29, 0.717) is 13.1 Å². The summed E-state index contributed by atoms with van der Waals surface area (Å²) in [7, 11) is 3.95. The Morgan fingerprint density at radius 3 is 2.57 bits per heavy atom. The van der Waals surface area contributed by atoms with Gasteiger partial charge in [0.15, 0.2) is 0 Å². The lowest BCUT2D eigenvalue weighted by Crippen LogP contribution is -2.40. The topological polar surface area (TPSA) is 43.9 Å². The van der Waals surface area contributed by atoms with E-state index in [-0.39, 0.29) is 24.0 Å². The van der Waals surface area contributed by atoms with Crippen LogP contribution in [0.25, 0.3) is 0 Å². The molecule has 0 spiro atoms. The van der Waals surface area contributed by atoms with Crippen molar-refractivity contribution in [3.05, 3.63) is 35.9 Å². The smallest absolute Gasteiger partial charge is 0.312 e. The van der Waals surface area contributed by atoms with E-state index in [4.69, 9.17) is 0 Å². The number of imide groups is 1. The Hall–Kier alpha value is -1.88. The molecule has 5 nitrogen and oxygen atoms in total. The van der Waals surface area contributed by atoms with E-state index in [1.54, 1.807) is 4.90 Å². The molecule has 2 aliphatic heterocycles. The summed E-state index contributed by atoms with van der Waals surface area (Å²) in [6, 6.07) is 9.71. The first-order valence-electron chi connectivity index (χ1n) is 7.43. The first-order chi connectivity index (χ1) is 10.1. The van der Waals surface area contributed by atoms with E-state index >= 15 is 0 Å². The zero-order chi connectivity index (χ0) is 15.0. The molecule has 3 amide bonds. The molecule has 0 bridgehead atoms. The number of fused-ring (bicyclic) bond motifs is 1. The van der Waals surface area contributed by atoms with E-state index in [1.807, 2.05) is 44.4 Å². The lowest BCUT2D eigenvalue weighted by molar-refractivity contribution is -0.128. The Morgan fingerprint density at radius 2 is 1.95 bits per heavy atom. The van der Waals surface area contributed by atoms with Gasteiger partial charge in [0.05, 0.1) is 12.6 Å². The summed E-state index contributed by atoms with van der Waals surface area (Å²) in [5, 5.41) is 0. The van der Waals surface area contributed by atoms with Crippen molar-refractivity contribution in [1.29, 1.82) is 0 Å². The summed E-state index contributed by atoms with van der Waals surface area (Å²) in [6.07, 6.45) is 1.74. The number of carbonyl (C=O) groups excluding carboxylic acids is 2. The van der Waals surface area contributed by atoms with Crippen LogP contribution in [0.5, 0.6) is 0 Å². The zero-order valence-corrected chi connectivity index (χ0v) is 12.5. The number of hydrogen-bond donors (Lipinski definition) is 0. The van der Waals surface area contributed by atoms with Gasteiger partial charge in [-0.1, -0.05) is 30.3 Å². The van der Waals surface area contributed by atoms with Gasteiger partial charge >= 0.3 is 6.03 Å². The molecule has 1 aromatic carbocycles. The summed E-state index contributed by atoms with van der Waals surface area (Å²) in [6.45, 7) is 1.13. The minimum absolute atomic E-state index is 0.0270. The fourth-order valence-corrected chi connectivity index (χ4v) is 3.26. The van der Waals surface area contributed by atoms with Gasteiger partial charge in [0.25, 0.3) is 5.91 Å². The van der Waals surface area contributed by atoms with Crippen molar-refractivity contribution in [3.63, 3.8) is 0 Å². The molecule has 2 fully saturated rings. The van der Waals surface area contributed by atoms with Crippen LogP contribution in [0, 0.1) is 0 Å². The molecule has 2 heterocycles. The van der Waals surface area contributed by atoms with Gasteiger partial charge in [-0.25, -0.2) is 4.79 Å². The summed E-state index contributed by atoms with van der Waals surface area (Å²) in [4.78, 5) is 30.0. The standard InChI is InChI=1S/C16H21N3O2/c1-17(2)14(12-7-4-3-5-8-12)11-19-15(20)13-9-6-10-18(13)16(19)21/h3-5,7-8,13-14H,6,9-11H2,1-2H3/t13-,14-/m1/s1. The van der Waals surface area contributed by atoms with E-state index in [0.717, 1.165) is 18.4 Å². The third-order valence-corrected chi connectivity index (χ3v) is 4.44. The summed E-state index contributed by atoms with van der Waals surface area (Å²) < 4.78 is 0. The molecular weight excluding hydrogens is 266 g/mol. The second-order valence-corrected chi connectivity index (χ2v) is 5.97. The van der Waals surface area contributed by atoms with Crippen LogP contribution in [0.4, 0.5) is 4.79 Å². The monoisotopic (exact) mass is 287 g/mol. The number of hydrogen-bond acceptors (Lipinski definition) is 3. The maximum atomic E-state index is 12.4. The maximum Gasteiger partial charge on any atom is 0.327 e. The average molecular weight is 287 g/mol. The van der Waals surface area contributed by atoms with E-state index in [9.17, 15) is 9.59 Å². The molecule has 2 saturated heterocycles. The van der Waals surface area contributed by atoms with Crippen LogP contribution in [0.2, 0.25) is 0 Å². The molecule has 0 aromatic heterocycles. The van der Waals surface area contributed by atoms with Crippen LogP contribution >= 0.6 is 0 Å². The van der Waals surface area contributed by atoms with Crippen molar-refractivity contribution in [2.24, 2.45) is 0 Å². The average Bonchev–Trinajstić information content (AvgIpc) is 3.03. The quantitative estimate of drug-likeness (QED) is 0.792. The van der Waals surface area contributed by atoms with Crippen molar-refractivity contribution in [2.45, 2.75) is 24.9 Å². The Kier molecular flexibility index (Phi) is 3.68. The van der Waals surface area contributed by atoms with Gasteiger partial charge < -0.3 is 9.80 Å². The highest BCUT2D eigenvalue weighted by Gasteiger charge is 2.47. The highest BCUT2D eigenvalue weighted by Crippen LogP contribution is 2.29. The third-order valence-electron chi connectivity index (χ3n) is 4.44. The van der Waals surface area contributed by atoms with Crippen LogP contribution in [-0.2, 0) is 4.79 Å². The fraction of sp³-hybridized carbons (Fsp3) is 0.500. The highest BCUT2D eigenvalue weighted by atomic mass is 16.2. The number of rotatable bonds is 4. The Bertz CT molecular complexity index is 522. The van der Waals surface area contributed by atoms with Gasteiger partial charge in [0.1, 0.15) is 6.04 Å². The van der Waals surface area contributed by atoms with E-state index in [1.165, 1.54) is 4.90 Å². The first kappa shape index (κ1) is 14.1. The molecule has 0 unspecified atom stereocenters. The zero-order valence-electron chi connectivity index (χ0n) is 12.5. The molecule has 112 valence electrons. The van der Waals surface area contributed by atoms with Crippen LogP contribution in [0.3, 0.4) is 0 Å². The van der Waals surface area contributed by atoms with Gasteiger partial charge in [0, 0.05) is 6.54 Å². The SMILES string of the molecule is CN(C)[C@H](CN1C(=O)[C@H]2CCCN2C1=O)c1ccccc1. The van der Waals surface area contributed by atoms with Gasteiger partial charge in [-0.15, -0.1) is 0 Å². The maximum absolute atomic E-state index is 12.4. The molecule has 2 aliphatic rings. The molecule has 0 radical (unpaired) electrons. The minimum Gasteiger partial charge on any atom is -0.312 e. The van der Waals surface area contributed by atoms with E-state index < -0.39 is 0 Å². The molecule has 21 heavy (non-hydrogen) atoms. The van der Waals surface area contributed by atoms with Crippen molar-refractivity contribution < 1.29 is 9.59 Å². The molecule has 0 aliphatic carbocycles. The number of carbonyl (C=O) groups is 2. The lowest BCUT2D eigenvalue weighted by atomic mass is 10.1.